The van der Waals surface area contributed by atoms with Crippen LogP contribution in [0.4, 0.5) is 8.78 Å². The highest BCUT2D eigenvalue weighted by atomic mass is 35.5. The van der Waals surface area contributed by atoms with Crippen molar-refractivity contribution in [3.8, 4) is 0 Å². The van der Waals surface area contributed by atoms with Gasteiger partial charge in [-0.3, -0.25) is 0 Å². The largest absolute Gasteiger partial charge is 0.366 e. The molecule has 0 aliphatic carbocycles. The Morgan fingerprint density at radius 1 is 1.27 bits per heavy atom. The van der Waals surface area contributed by atoms with Crippen LogP contribution in [-0.2, 0) is 4.74 Å². The number of alkyl halides is 2. The fraction of sp³-hybridized carbons (Fsp3) is 1.00. The van der Waals surface area contributed by atoms with Crippen LogP contribution in [0.15, 0.2) is 0 Å². The van der Waals surface area contributed by atoms with Gasteiger partial charge in [-0.05, 0) is 0 Å². The molecule has 1 spiro atoms. The first-order valence-corrected chi connectivity index (χ1v) is 3.39. The van der Waals surface area contributed by atoms with Crippen LogP contribution in [0.5, 0.6) is 0 Å². The average molecular weight is 186 g/mol. The summed E-state index contributed by atoms with van der Waals surface area (Å²) in [5, 5.41) is 2.79. The monoisotopic (exact) mass is 185 g/mol. The van der Waals surface area contributed by atoms with E-state index in [-0.39, 0.29) is 25.4 Å². The first kappa shape index (κ1) is 9.16. The van der Waals surface area contributed by atoms with Crippen molar-refractivity contribution in [1.82, 2.24) is 5.32 Å². The van der Waals surface area contributed by atoms with Gasteiger partial charge in [0.25, 0.3) is 5.92 Å². The van der Waals surface area contributed by atoms with Crippen LogP contribution >= 0.6 is 12.4 Å². The molecular formula is C6H10ClF2NO. The molecule has 2 heterocycles. The van der Waals surface area contributed by atoms with Crippen molar-refractivity contribution in [2.75, 3.05) is 19.7 Å². The Morgan fingerprint density at radius 2 is 1.91 bits per heavy atom. The SMILES string of the molecule is Cl.FC1(F)CCOC12CNC2. The minimum absolute atomic E-state index is 0. The van der Waals surface area contributed by atoms with Crippen molar-refractivity contribution in [3.05, 3.63) is 0 Å². The summed E-state index contributed by atoms with van der Waals surface area (Å²) in [7, 11) is 0. The van der Waals surface area contributed by atoms with Gasteiger partial charge in [0.05, 0.1) is 6.61 Å². The molecule has 0 unspecified atom stereocenters. The third-order valence-corrected chi connectivity index (χ3v) is 2.28. The predicted octanol–water partition coefficient (Wildman–Crippen LogP) is 0.806. The molecule has 2 saturated heterocycles. The van der Waals surface area contributed by atoms with Gasteiger partial charge in [-0.1, -0.05) is 0 Å². The molecular weight excluding hydrogens is 176 g/mol. The van der Waals surface area contributed by atoms with Crippen molar-refractivity contribution in [3.63, 3.8) is 0 Å². The van der Waals surface area contributed by atoms with E-state index in [2.05, 4.69) is 5.32 Å². The summed E-state index contributed by atoms with van der Waals surface area (Å²) >= 11 is 0. The Labute approximate surface area is 69.7 Å². The number of nitrogens with one attached hydrogen (secondary N) is 1. The first-order valence-electron chi connectivity index (χ1n) is 3.39. The van der Waals surface area contributed by atoms with E-state index < -0.39 is 11.5 Å². The summed E-state index contributed by atoms with van der Waals surface area (Å²) in [5.41, 5.74) is -1.13. The minimum atomic E-state index is -2.60. The highest BCUT2D eigenvalue weighted by molar-refractivity contribution is 5.85. The highest BCUT2D eigenvalue weighted by Gasteiger charge is 2.62. The Hall–Kier alpha value is 0.0700. The molecule has 5 heteroatoms. The second-order valence-electron chi connectivity index (χ2n) is 2.90. The van der Waals surface area contributed by atoms with Gasteiger partial charge < -0.3 is 10.1 Å². The number of ether oxygens (including phenoxy) is 1. The zero-order valence-electron chi connectivity index (χ0n) is 5.90. The molecule has 0 aromatic rings. The molecule has 0 radical (unpaired) electrons. The Balaban J connectivity index is 0.000000605. The van der Waals surface area contributed by atoms with Crippen molar-refractivity contribution in [2.24, 2.45) is 0 Å². The summed E-state index contributed by atoms with van der Waals surface area (Å²) in [4.78, 5) is 0. The van der Waals surface area contributed by atoms with E-state index in [1.165, 1.54) is 0 Å². The van der Waals surface area contributed by atoms with E-state index >= 15 is 0 Å². The smallest absolute Gasteiger partial charge is 0.281 e. The molecule has 0 amide bonds. The van der Waals surface area contributed by atoms with Crippen LogP contribution in [0.1, 0.15) is 6.42 Å². The van der Waals surface area contributed by atoms with Crippen LogP contribution in [0, 0.1) is 0 Å². The van der Waals surface area contributed by atoms with E-state index in [1.54, 1.807) is 0 Å². The lowest BCUT2D eigenvalue weighted by molar-refractivity contribution is -0.170. The molecule has 2 fully saturated rings. The lowest BCUT2D eigenvalue weighted by Crippen LogP contribution is -2.67. The molecule has 0 aromatic carbocycles. The predicted molar refractivity (Wildman–Crippen MR) is 38.4 cm³/mol. The summed E-state index contributed by atoms with van der Waals surface area (Å²) in [6.45, 7) is 0.814. The third kappa shape index (κ3) is 1.04. The van der Waals surface area contributed by atoms with E-state index in [0.29, 0.717) is 13.1 Å². The fourth-order valence-corrected chi connectivity index (χ4v) is 1.42. The third-order valence-electron chi connectivity index (χ3n) is 2.28. The second kappa shape index (κ2) is 2.54. The van der Waals surface area contributed by atoms with Crippen molar-refractivity contribution >= 4 is 12.4 Å². The second-order valence-corrected chi connectivity index (χ2v) is 2.90. The highest BCUT2D eigenvalue weighted by Crippen LogP contribution is 2.42. The van der Waals surface area contributed by atoms with Crippen molar-refractivity contribution < 1.29 is 13.5 Å². The van der Waals surface area contributed by atoms with E-state index in [4.69, 9.17) is 4.74 Å². The maximum absolute atomic E-state index is 12.9. The molecule has 2 nitrogen and oxygen atoms in total. The minimum Gasteiger partial charge on any atom is -0.366 e. The maximum Gasteiger partial charge on any atom is 0.281 e. The summed E-state index contributed by atoms with van der Waals surface area (Å²) in [6.07, 6.45) is -0.116. The molecule has 0 atom stereocenters. The van der Waals surface area contributed by atoms with Crippen LogP contribution in [-0.4, -0.2) is 31.2 Å². The number of hydrogen-bond donors (Lipinski definition) is 1. The zero-order valence-corrected chi connectivity index (χ0v) is 6.72. The van der Waals surface area contributed by atoms with Crippen LogP contribution in [0.2, 0.25) is 0 Å². The maximum atomic E-state index is 12.9. The van der Waals surface area contributed by atoms with Gasteiger partial charge in [0.1, 0.15) is 0 Å². The van der Waals surface area contributed by atoms with Crippen molar-refractivity contribution in [2.45, 2.75) is 17.9 Å². The zero-order chi connectivity index (χ0) is 7.24. The van der Waals surface area contributed by atoms with E-state index in [1.807, 2.05) is 0 Å². The van der Waals surface area contributed by atoms with Crippen LogP contribution < -0.4 is 5.32 Å². The summed E-state index contributed by atoms with van der Waals surface area (Å²) < 4.78 is 30.7. The van der Waals surface area contributed by atoms with Gasteiger partial charge in [0.2, 0.25) is 0 Å². The Bertz CT molecular complexity index is 161. The molecule has 2 aliphatic heterocycles. The summed E-state index contributed by atoms with van der Waals surface area (Å²) in [5.74, 6) is -2.60. The van der Waals surface area contributed by atoms with E-state index in [9.17, 15) is 8.78 Å². The molecule has 66 valence electrons. The summed E-state index contributed by atoms with van der Waals surface area (Å²) in [6, 6.07) is 0. The van der Waals surface area contributed by atoms with Gasteiger partial charge >= 0.3 is 0 Å². The lowest BCUT2D eigenvalue weighted by atomic mass is 9.90. The number of rotatable bonds is 0. The lowest BCUT2D eigenvalue weighted by Gasteiger charge is -2.41. The molecule has 0 bridgehead atoms. The van der Waals surface area contributed by atoms with Gasteiger partial charge in [0.15, 0.2) is 5.60 Å². The Kier molecular flexibility index (Phi) is 2.11. The van der Waals surface area contributed by atoms with Gasteiger partial charge in [-0.25, -0.2) is 8.78 Å². The molecule has 2 aliphatic rings. The van der Waals surface area contributed by atoms with Crippen molar-refractivity contribution in [1.29, 1.82) is 0 Å². The van der Waals surface area contributed by atoms with Gasteiger partial charge in [-0.2, -0.15) is 0 Å². The molecule has 11 heavy (non-hydrogen) atoms. The van der Waals surface area contributed by atoms with E-state index in [0.717, 1.165) is 0 Å². The standard InChI is InChI=1S/C6H9F2NO.ClH/c7-6(8)1-2-10-5(6)3-9-4-5;/h9H,1-4H2;1H. The first-order chi connectivity index (χ1) is 4.66. The van der Waals surface area contributed by atoms with Crippen LogP contribution in [0.3, 0.4) is 0 Å². The fourth-order valence-electron chi connectivity index (χ4n) is 1.42. The number of halogens is 3. The molecule has 2 rings (SSSR count). The van der Waals surface area contributed by atoms with Gasteiger partial charge in [0, 0.05) is 19.5 Å². The normalized spacial score (nSPS) is 31.1. The van der Waals surface area contributed by atoms with Gasteiger partial charge in [-0.15, -0.1) is 12.4 Å². The molecule has 1 N–H and O–H groups in total. The van der Waals surface area contributed by atoms with Crippen LogP contribution in [0.25, 0.3) is 0 Å². The molecule has 0 saturated carbocycles. The Morgan fingerprint density at radius 3 is 2.09 bits per heavy atom. The molecule has 0 aromatic heterocycles. The average Bonchev–Trinajstić information content (AvgIpc) is 2.02. The quantitative estimate of drug-likeness (QED) is 0.603. The topological polar surface area (TPSA) is 21.3 Å². The number of hydrogen-bond acceptors (Lipinski definition) is 2.